The van der Waals surface area contributed by atoms with Crippen molar-refractivity contribution in [2.45, 2.75) is 18.8 Å². The molecule has 24 heavy (non-hydrogen) atoms. The molecule has 1 amide bonds. The first-order valence-corrected chi connectivity index (χ1v) is 7.13. The van der Waals surface area contributed by atoms with Crippen molar-refractivity contribution < 1.29 is 28.2 Å². The second-order valence-corrected chi connectivity index (χ2v) is 5.55. The molecule has 0 atom stereocenters. The molecule has 1 aromatic heterocycles. The smallest absolute Gasteiger partial charge is 0.434 e. The van der Waals surface area contributed by atoms with Crippen LogP contribution in [0.15, 0.2) is 30.5 Å². The van der Waals surface area contributed by atoms with Gasteiger partial charge in [-0.3, -0.25) is 0 Å². The fourth-order valence-electron chi connectivity index (χ4n) is 2.57. The molecule has 128 valence electrons. The molecule has 6 nitrogen and oxygen atoms in total. The van der Waals surface area contributed by atoms with E-state index in [0.717, 1.165) is 11.1 Å². The molecule has 2 aromatic rings. The first-order chi connectivity index (χ1) is 11.3. The van der Waals surface area contributed by atoms with Crippen LogP contribution in [0.2, 0.25) is 0 Å². The van der Waals surface area contributed by atoms with Crippen molar-refractivity contribution >= 4 is 6.09 Å². The first-order valence-electron chi connectivity index (χ1n) is 7.13. The van der Waals surface area contributed by atoms with E-state index in [1.165, 1.54) is 4.57 Å². The Morgan fingerprint density at radius 3 is 2.38 bits per heavy atom. The zero-order chi connectivity index (χ0) is 17.5. The van der Waals surface area contributed by atoms with Crippen LogP contribution < -0.4 is 0 Å². The van der Waals surface area contributed by atoms with Crippen molar-refractivity contribution in [1.29, 1.82) is 0 Å². The quantitative estimate of drug-likeness (QED) is 0.899. The van der Waals surface area contributed by atoms with Gasteiger partial charge in [-0.05, 0) is 5.56 Å². The average molecular weight is 341 g/mol. The summed E-state index contributed by atoms with van der Waals surface area (Å²) in [6, 6.07) is 5.98. The largest absolute Gasteiger partial charge is 0.465 e. The van der Waals surface area contributed by atoms with Crippen molar-refractivity contribution in [2.75, 3.05) is 13.1 Å². The number of carboxylic acid groups (broad SMARTS) is 1. The fourth-order valence-corrected chi connectivity index (χ4v) is 2.57. The number of halogens is 3. The molecule has 0 bridgehead atoms. The zero-order valence-electron chi connectivity index (χ0n) is 12.4. The number of imidazole rings is 1. The summed E-state index contributed by atoms with van der Waals surface area (Å²) in [6.45, 7) is 0.0636. The van der Waals surface area contributed by atoms with Crippen molar-refractivity contribution in [1.82, 2.24) is 14.5 Å². The highest BCUT2D eigenvalue weighted by Gasteiger charge is 2.38. The molecular weight excluding hydrogens is 327 g/mol. The third-order valence-corrected chi connectivity index (χ3v) is 3.94. The van der Waals surface area contributed by atoms with E-state index in [2.05, 4.69) is 4.98 Å². The van der Waals surface area contributed by atoms with Crippen molar-refractivity contribution in [3.8, 4) is 11.4 Å². The van der Waals surface area contributed by atoms with E-state index in [9.17, 15) is 18.0 Å². The minimum absolute atomic E-state index is 0.116. The summed E-state index contributed by atoms with van der Waals surface area (Å²) in [6.07, 6.45) is -4.77. The molecule has 3 rings (SSSR count). The summed E-state index contributed by atoms with van der Waals surface area (Å²) in [4.78, 5) is 15.7. The van der Waals surface area contributed by atoms with Gasteiger partial charge in [0.05, 0.1) is 12.6 Å². The Hall–Kier alpha value is -2.55. The Morgan fingerprint density at radius 1 is 1.25 bits per heavy atom. The van der Waals surface area contributed by atoms with Crippen LogP contribution in [0, 0.1) is 0 Å². The van der Waals surface area contributed by atoms with Crippen molar-refractivity contribution in [3.63, 3.8) is 0 Å². The van der Waals surface area contributed by atoms with Gasteiger partial charge >= 0.3 is 12.3 Å². The van der Waals surface area contributed by atoms with Crippen LogP contribution >= 0.6 is 0 Å². The maximum atomic E-state index is 13.0. The van der Waals surface area contributed by atoms with Gasteiger partial charge in [-0.15, -0.1) is 0 Å². The number of hydrogen-bond acceptors (Lipinski definition) is 3. The molecule has 2 heterocycles. The number of aliphatic hydroxyl groups is 1. The number of hydrogen-bond donors (Lipinski definition) is 2. The topological polar surface area (TPSA) is 78.6 Å². The monoisotopic (exact) mass is 341 g/mol. The van der Waals surface area contributed by atoms with Gasteiger partial charge in [0.15, 0.2) is 5.69 Å². The number of carbonyl (C=O) groups is 1. The maximum absolute atomic E-state index is 13.0. The van der Waals surface area contributed by atoms with E-state index in [4.69, 9.17) is 10.2 Å². The second kappa shape index (κ2) is 5.82. The number of benzene rings is 1. The molecule has 0 spiro atoms. The zero-order valence-corrected chi connectivity index (χ0v) is 12.4. The number of rotatable bonds is 3. The summed E-state index contributed by atoms with van der Waals surface area (Å²) in [5, 5.41) is 17.9. The van der Waals surface area contributed by atoms with Gasteiger partial charge in [0.1, 0.15) is 5.82 Å². The molecule has 9 heteroatoms. The molecule has 1 aliphatic rings. The van der Waals surface area contributed by atoms with Crippen LogP contribution in [-0.4, -0.2) is 43.8 Å². The van der Waals surface area contributed by atoms with Gasteiger partial charge in [-0.2, -0.15) is 13.2 Å². The molecule has 1 saturated heterocycles. The Balaban J connectivity index is 1.97. The van der Waals surface area contributed by atoms with Gasteiger partial charge in [0.25, 0.3) is 0 Å². The van der Waals surface area contributed by atoms with E-state index >= 15 is 0 Å². The van der Waals surface area contributed by atoms with E-state index in [0.29, 0.717) is 11.1 Å². The Kier molecular flexibility index (Phi) is 3.96. The molecule has 0 saturated carbocycles. The lowest BCUT2D eigenvalue weighted by Crippen LogP contribution is -2.50. The maximum Gasteiger partial charge on any atom is 0.434 e. The van der Waals surface area contributed by atoms with E-state index in [-0.39, 0.29) is 25.5 Å². The van der Waals surface area contributed by atoms with E-state index < -0.39 is 24.0 Å². The van der Waals surface area contributed by atoms with Crippen molar-refractivity contribution in [3.05, 3.63) is 41.7 Å². The van der Waals surface area contributed by atoms with Gasteiger partial charge in [-0.25, -0.2) is 9.78 Å². The molecule has 0 unspecified atom stereocenters. The third-order valence-electron chi connectivity index (χ3n) is 3.94. The lowest BCUT2D eigenvalue weighted by atomic mass is 10.1. The number of amides is 1. The number of aromatic nitrogens is 2. The Bertz CT molecular complexity index is 750. The highest BCUT2D eigenvalue weighted by atomic mass is 19.4. The number of alkyl halides is 3. The predicted molar refractivity (Wildman–Crippen MR) is 77.2 cm³/mol. The lowest BCUT2D eigenvalue weighted by molar-refractivity contribution is -0.141. The van der Waals surface area contributed by atoms with Crippen LogP contribution in [0.3, 0.4) is 0 Å². The van der Waals surface area contributed by atoms with Gasteiger partial charge in [0.2, 0.25) is 0 Å². The molecule has 2 N–H and O–H groups in total. The molecular formula is C15H14F3N3O3. The van der Waals surface area contributed by atoms with Crippen LogP contribution in [0.1, 0.15) is 17.3 Å². The number of aliphatic hydroxyl groups excluding tert-OH is 1. The van der Waals surface area contributed by atoms with E-state index in [1.54, 1.807) is 24.3 Å². The minimum atomic E-state index is -4.58. The summed E-state index contributed by atoms with van der Waals surface area (Å²) < 4.78 is 40.3. The minimum Gasteiger partial charge on any atom is -0.465 e. The molecule has 0 radical (unpaired) electrons. The summed E-state index contributed by atoms with van der Waals surface area (Å²) in [5.41, 5.74) is 0.0857. The molecule has 1 aliphatic heterocycles. The second-order valence-electron chi connectivity index (χ2n) is 5.55. The van der Waals surface area contributed by atoms with Gasteiger partial charge < -0.3 is 19.7 Å². The normalized spacial score (nSPS) is 15.4. The molecule has 1 fully saturated rings. The Labute approximate surface area is 134 Å². The summed E-state index contributed by atoms with van der Waals surface area (Å²) >= 11 is 0. The number of nitrogens with zero attached hydrogens (tertiary/aromatic N) is 3. The van der Waals surface area contributed by atoms with Crippen LogP contribution in [-0.2, 0) is 12.8 Å². The third kappa shape index (κ3) is 2.94. The lowest BCUT2D eigenvalue weighted by Gasteiger charge is -2.38. The first kappa shape index (κ1) is 16.3. The molecule has 1 aromatic carbocycles. The summed E-state index contributed by atoms with van der Waals surface area (Å²) in [5.74, 6) is 0.127. The van der Waals surface area contributed by atoms with Crippen LogP contribution in [0.25, 0.3) is 11.4 Å². The fraction of sp³-hybridized carbons (Fsp3) is 0.333. The average Bonchev–Trinajstić information content (AvgIpc) is 2.90. The standard InChI is InChI=1S/C15H14F3N3O3/c16-15(17,18)12-7-21(11-5-20(6-11)14(23)24)13(19-12)10-3-1-9(8-22)2-4-10/h1-4,7,11,22H,5-6,8H2,(H,23,24). The van der Waals surface area contributed by atoms with Crippen molar-refractivity contribution in [2.24, 2.45) is 0 Å². The molecule has 0 aliphatic carbocycles. The number of likely N-dealkylation sites (tertiary alicyclic amines) is 1. The van der Waals surface area contributed by atoms with Gasteiger partial charge in [-0.1, -0.05) is 24.3 Å². The van der Waals surface area contributed by atoms with Crippen LogP contribution in [0.4, 0.5) is 18.0 Å². The predicted octanol–water partition coefficient (Wildman–Crippen LogP) is 2.60. The highest BCUT2D eigenvalue weighted by Crippen LogP contribution is 2.34. The van der Waals surface area contributed by atoms with Gasteiger partial charge in [0, 0.05) is 24.8 Å². The van der Waals surface area contributed by atoms with E-state index in [1.807, 2.05) is 0 Å². The highest BCUT2D eigenvalue weighted by molar-refractivity contribution is 5.66. The Morgan fingerprint density at radius 2 is 1.88 bits per heavy atom. The SMILES string of the molecule is O=C(O)N1CC(n2cc(C(F)(F)F)nc2-c2ccc(CO)cc2)C1. The summed E-state index contributed by atoms with van der Waals surface area (Å²) in [7, 11) is 0. The van der Waals surface area contributed by atoms with Crippen LogP contribution in [0.5, 0.6) is 0 Å².